The molecule has 1 N–H and O–H groups in total. The molecule has 0 saturated carbocycles. The van der Waals surface area contributed by atoms with Gasteiger partial charge in [-0.1, -0.05) is 48.5 Å². The van der Waals surface area contributed by atoms with E-state index < -0.39 is 0 Å². The lowest BCUT2D eigenvalue weighted by atomic mass is 10.1. The molecule has 1 amide bonds. The van der Waals surface area contributed by atoms with E-state index in [1.165, 1.54) is 0 Å². The highest BCUT2D eigenvalue weighted by Gasteiger charge is 2.23. The van der Waals surface area contributed by atoms with Gasteiger partial charge >= 0.3 is 0 Å². The molecule has 5 nitrogen and oxygen atoms in total. The largest absolute Gasteiger partial charge is 0.495 e. The molecule has 30 heavy (non-hydrogen) atoms. The normalized spacial score (nSPS) is 15.6. The van der Waals surface area contributed by atoms with Crippen LogP contribution < -0.4 is 15.0 Å². The molecular formula is C24H27N3O2S. The van der Waals surface area contributed by atoms with Crippen LogP contribution in [0.5, 0.6) is 5.75 Å². The third-order valence-corrected chi connectivity index (χ3v) is 6.37. The van der Waals surface area contributed by atoms with Crippen molar-refractivity contribution in [2.45, 2.75) is 6.04 Å². The van der Waals surface area contributed by atoms with E-state index in [9.17, 15) is 4.79 Å². The van der Waals surface area contributed by atoms with Crippen molar-refractivity contribution in [3.05, 3.63) is 82.6 Å². The third-order valence-electron chi connectivity index (χ3n) is 5.43. The smallest absolute Gasteiger partial charge is 0.234 e. The van der Waals surface area contributed by atoms with Crippen molar-refractivity contribution in [1.82, 2.24) is 10.2 Å². The molecule has 1 aromatic heterocycles. The van der Waals surface area contributed by atoms with Gasteiger partial charge in [-0.15, -0.1) is 11.3 Å². The second kappa shape index (κ2) is 9.78. The number of carbonyl (C=O) groups excluding carboxylic acids is 1. The first kappa shape index (κ1) is 20.4. The standard InChI is InChI=1S/C24H27N3O2S/c1-29-21-11-6-5-10-20(21)27-15-13-26(14-16-27)18-23(28)25-24(22-12-7-17-30-22)19-8-3-2-4-9-19/h2-12,17,24H,13-16,18H2,1H3,(H,25,28)/t24-/m1/s1. The first-order valence-corrected chi connectivity index (χ1v) is 11.1. The van der Waals surface area contributed by atoms with Crippen LogP contribution >= 0.6 is 11.3 Å². The molecule has 0 bridgehead atoms. The number of para-hydroxylation sites is 2. The minimum Gasteiger partial charge on any atom is -0.495 e. The highest BCUT2D eigenvalue weighted by Crippen LogP contribution is 2.28. The highest BCUT2D eigenvalue weighted by atomic mass is 32.1. The van der Waals surface area contributed by atoms with Gasteiger partial charge in [0, 0.05) is 31.1 Å². The van der Waals surface area contributed by atoms with Crippen molar-refractivity contribution in [3.8, 4) is 5.75 Å². The summed E-state index contributed by atoms with van der Waals surface area (Å²) in [5.41, 5.74) is 2.22. The molecule has 1 atom stereocenters. The minimum atomic E-state index is -0.103. The number of benzene rings is 2. The third kappa shape index (κ3) is 4.83. The van der Waals surface area contributed by atoms with Crippen LogP contribution in [0.25, 0.3) is 0 Å². The molecule has 2 aromatic carbocycles. The maximum absolute atomic E-state index is 12.9. The Bertz CT molecular complexity index is 938. The Labute approximate surface area is 181 Å². The summed E-state index contributed by atoms with van der Waals surface area (Å²) in [6.45, 7) is 3.86. The predicted molar refractivity (Wildman–Crippen MR) is 122 cm³/mol. The van der Waals surface area contributed by atoms with Gasteiger partial charge in [0.1, 0.15) is 5.75 Å². The van der Waals surface area contributed by atoms with Gasteiger partial charge in [0.2, 0.25) is 5.91 Å². The molecule has 6 heteroatoms. The number of nitrogens with zero attached hydrogens (tertiary/aromatic N) is 2. The molecule has 1 aliphatic rings. The van der Waals surface area contributed by atoms with Crippen LogP contribution in [-0.2, 0) is 4.79 Å². The summed E-state index contributed by atoms with van der Waals surface area (Å²) in [5.74, 6) is 0.952. The molecule has 0 unspecified atom stereocenters. The number of hydrogen-bond acceptors (Lipinski definition) is 5. The van der Waals surface area contributed by atoms with Gasteiger partial charge in [-0.25, -0.2) is 0 Å². The summed E-state index contributed by atoms with van der Waals surface area (Å²) in [6, 6.07) is 22.3. The molecule has 1 fully saturated rings. The fourth-order valence-electron chi connectivity index (χ4n) is 3.87. The van der Waals surface area contributed by atoms with Crippen molar-refractivity contribution >= 4 is 22.9 Å². The molecule has 156 valence electrons. The summed E-state index contributed by atoms with van der Waals surface area (Å²) >= 11 is 1.67. The van der Waals surface area contributed by atoms with Gasteiger partial charge in [0.25, 0.3) is 0 Å². The van der Waals surface area contributed by atoms with Gasteiger partial charge < -0.3 is 15.0 Å². The van der Waals surface area contributed by atoms with Crippen molar-refractivity contribution in [2.75, 3.05) is 44.7 Å². The zero-order chi connectivity index (χ0) is 20.8. The van der Waals surface area contributed by atoms with E-state index in [2.05, 4.69) is 44.8 Å². The van der Waals surface area contributed by atoms with Gasteiger partial charge in [0.15, 0.2) is 0 Å². The monoisotopic (exact) mass is 421 g/mol. The lowest BCUT2D eigenvalue weighted by molar-refractivity contribution is -0.122. The Kier molecular flexibility index (Phi) is 6.67. The summed E-state index contributed by atoms with van der Waals surface area (Å²) in [7, 11) is 1.70. The molecule has 1 saturated heterocycles. The van der Waals surface area contributed by atoms with E-state index in [1.54, 1.807) is 18.4 Å². The van der Waals surface area contributed by atoms with Crippen LogP contribution in [0.4, 0.5) is 5.69 Å². The molecule has 0 spiro atoms. The Hall–Kier alpha value is -2.83. The average Bonchev–Trinajstić information content (AvgIpc) is 3.33. The second-order valence-corrected chi connectivity index (χ2v) is 8.34. The van der Waals surface area contributed by atoms with Crippen LogP contribution in [0.2, 0.25) is 0 Å². The van der Waals surface area contributed by atoms with Crippen LogP contribution in [0.3, 0.4) is 0 Å². The number of ether oxygens (including phenoxy) is 1. The first-order valence-electron chi connectivity index (χ1n) is 10.2. The first-order chi connectivity index (χ1) is 14.7. The molecule has 2 heterocycles. The molecule has 1 aliphatic heterocycles. The summed E-state index contributed by atoms with van der Waals surface area (Å²) in [6.07, 6.45) is 0. The average molecular weight is 422 g/mol. The van der Waals surface area contributed by atoms with Crippen LogP contribution in [-0.4, -0.2) is 50.6 Å². The summed E-state index contributed by atoms with van der Waals surface area (Å²) < 4.78 is 5.49. The van der Waals surface area contributed by atoms with E-state index in [0.29, 0.717) is 6.54 Å². The maximum Gasteiger partial charge on any atom is 0.234 e. The lowest BCUT2D eigenvalue weighted by Crippen LogP contribution is -2.50. The molecule has 0 radical (unpaired) electrons. The van der Waals surface area contributed by atoms with Gasteiger partial charge in [-0.05, 0) is 29.1 Å². The lowest BCUT2D eigenvalue weighted by Gasteiger charge is -2.36. The second-order valence-electron chi connectivity index (χ2n) is 7.36. The topological polar surface area (TPSA) is 44.8 Å². The molecule has 4 rings (SSSR count). The number of thiophene rings is 1. The number of nitrogens with one attached hydrogen (secondary N) is 1. The molecule has 0 aliphatic carbocycles. The van der Waals surface area contributed by atoms with Crippen LogP contribution in [0.15, 0.2) is 72.1 Å². The zero-order valence-corrected chi connectivity index (χ0v) is 18.0. The SMILES string of the molecule is COc1ccccc1N1CCN(CC(=O)N[C@H](c2ccccc2)c2cccs2)CC1. The highest BCUT2D eigenvalue weighted by molar-refractivity contribution is 7.10. The number of hydrogen-bond donors (Lipinski definition) is 1. The zero-order valence-electron chi connectivity index (χ0n) is 17.2. The molecular weight excluding hydrogens is 394 g/mol. The summed E-state index contributed by atoms with van der Waals surface area (Å²) in [4.78, 5) is 18.6. The van der Waals surface area contributed by atoms with Crippen molar-refractivity contribution in [3.63, 3.8) is 0 Å². The van der Waals surface area contributed by atoms with Gasteiger partial charge in [-0.2, -0.15) is 0 Å². The quantitative estimate of drug-likeness (QED) is 0.631. The van der Waals surface area contributed by atoms with Crippen molar-refractivity contribution in [2.24, 2.45) is 0 Å². The van der Waals surface area contributed by atoms with E-state index in [4.69, 9.17) is 4.74 Å². The van der Waals surface area contributed by atoms with E-state index >= 15 is 0 Å². The Balaban J connectivity index is 1.35. The number of amides is 1. The number of piperazine rings is 1. The number of anilines is 1. The van der Waals surface area contributed by atoms with Crippen LogP contribution in [0, 0.1) is 0 Å². The van der Waals surface area contributed by atoms with Crippen molar-refractivity contribution < 1.29 is 9.53 Å². The maximum atomic E-state index is 12.9. The number of rotatable bonds is 7. The van der Waals surface area contributed by atoms with E-state index in [1.807, 2.05) is 42.5 Å². The number of carbonyl (C=O) groups is 1. The fraction of sp³-hybridized carbons (Fsp3) is 0.292. The predicted octanol–water partition coefficient (Wildman–Crippen LogP) is 3.78. The van der Waals surface area contributed by atoms with Gasteiger partial charge in [0.05, 0.1) is 25.4 Å². The van der Waals surface area contributed by atoms with Crippen LogP contribution in [0.1, 0.15) is 16.5 Å². The Morgan fingerprint density at radius 1 is 1.00 bits per heavy atom. The van der Waals surface area contributed by atoms with E-state index in [-0.39, 0.29) is 11.9 Å². The summed E-state index contributed by atoms with van der Waals surface area (Å²) in [5, 5.41) is 5.29. The minimum absolute atomic E-state index is 0.0583. The Morgan fingerprint density at radius 3 is 2.43 bits per heavy atom. The Morgan fingerprint density at radius 2 is 1.73 bits per heavy atom. The van der Waals surface area contributed by atoms with E-state index in [0.717, 1.165) is 48.1 Å². The van der Waals surface area contributed by atoms with Gasteiger partial charge in [-0.3, -0.25) is 9.69 Å². The number of methoxy groups -OCH3 is 1. The fourth-order valence-corrected chi connectivity index (χ4v) is 4.67. The van der Waals surface area contributed by atoms with Crippen molar-refractivity contribution in [1.29, 1.82) is 0 Å². The molecule has 3 aromatic rings.